The molecule has 3 unspecified atom stereocenters. The highest BCUT2D eigenvalue weighted by atomic mass is 16.3. The number of hydrogen-bond donors (Lipinski definition) is 2. The van der Waals surface area contributed by atoms with Gasteiger partial charge in [-0.1, -0.05) is 0 Å². The molecule has 1 aliphatic carbocycles. The first-order valence-electron chi connectivity index (χ1n) is 5.39. The Kier molecular flexibility index (Phi) is 2.86. The molecule has 1 aliphatic heterocycles. The topological polar surface area (TPSA) is 35.5 Å². The Hall–Kier alpha value is -0.120. The Morgan fingerprint density at radius 2 is 2.15 bits per heavy atom. The fraction of sp³-hybridized carbons (Fsp3) is 1.00. The average Bonchev–Trinajstić information content (AvgIpc) is 2.71. The molecule has 3 nitrogen and oxygen atoms in total. The average molecular weight is 184 g/mol. The second kappa shape index (κ2) is 3.95. The normalized spacial score (nSPS) is 41.5. The van der Waals surface area contributed by atoms with Crippen molar-refractivity contribution in [3.63, 3.8) is 0 Å². The van der Waals surface area contributed by atoms with E-state index in [1.54, 1.807) is 0 Å². The van der Waals surface area contributed by atoms with Crippen LogP contribution in [0.4, 0.5) is 0 Å². The van der Waals surface area contributed by atoms with Gasteiger partial charge in [0.25, 0.3) is 0 Å². The quantitative estimate of drug-likeness (QED) is 0.643. The maximum Gasteiger partial charge on any atom is 0.0679 e. The minimum Gasteiger partial charge on any atom is -0.392 e. The summed E-state index contributed by atoms with van der Waals surface area (Å²) in [5.74, 6) is 0. The van der Waals surface area contributed by atoms with Gasteiger partial charge in [0.05, 0.1) is 6.10 Å². The summed E-state index contributed by atoms with van der Waals surface area (Å²) in [5.41, 5.74) is 0. The standard InChI is InChI=1S/C10H20N2O/c1-11-8-2-3-9(6-8)12-5-4-10(13)7-12/h8-11,13H,2-7H2,1H3. The number of aliphatic hydroxyl groups is 1. The van der Waals surface area contributed by atoms with Crippen molar-refractivity contribution in [2.24, 2.45) is 0 Å². The van der Waals surface area contributed by atoms with Gasteiger partial charge in [0.2, 0.25) is 0 Å². The van der Waals surface area contributed by atoms with Crippen molar-refractivity contribution < 1.29 is 5.11 Å². The van der Waals surface area contributed by atoms with Gasteiger partial charge in [0, 0.05) is 25.2 Å². The van der Waals surface area contributed by atoms with Gasteiger partial charge in [0.15, 0.2) is 0 Å². The lowest BCUT2D eigenvalue weighted by Crippen LogP contribution is -2.33. The number of nitrogens with one attached hydrogen (secondary N) is 1. The van der Waals surface area contributed by atoms with Crippen molar-refractivity contribution >= 4 is 0 Å². The van der Waals surface area contributed by atoms with Crippen molar-refractivity contribution in [3.05, 3.63) is 0 Å². The number of rotatable bonds is 2. The summed E-state index contributed by atoms with van der Waals surface area (Å²) in [6.45, 7) is 2.00. The van der Waals surface area contributed by atoms with E-state index >= 15 is 0 Å². The minimum absolute atomic E-state index is 0.0614. The molecule has 2 rings (SSSR count). The van der Waals surface area contributed by atoms with E-state index in [4.69, 9.17) is 0 Å². The molecule has 76 valence electrons. The molecule has 0 radical (unpaired) electrons. The van der Waals surface area contributed by atoms with Crippen LogP contribution in [0.5, 0.6) is 0 Å². The predicted molar refractivity (Wildman–Crippen MR) is 52.7 cm³/mol. The van der Waals surface area contributed by atoms with E-state index in [1.165, 1.54) is 19.3 Å². The third-order valence-corrected chi connectivity index (χ3v) is 3.52. The molecule has 1 saturated carbocycles. The van der Waals surface area contributed by atoms with Crippen LogP contribution < -0.4 is 5.32 Å². The van der Waals surface area contributed by atoms with E-state index in [1.807, 2.05) is 7.05 Å². The molecule has 0 aromatic rings. The van der Waals surface area contributed by atoms with Crippen LogP contribution in [0, 0.1) is 0 Å². The molecule has 2 N–H and O–H groups in total. The largest absolute Gasteiger partial charge is 0.392 e. The van der Waals surface area contributed by atoms with Gasteiger partial charge in [0.1, 0.15) is 0 Å². The van der Waals surface area contributed by atoms with Crippen LogP contribution in [0.15, 0.2) is 0 Å². The van der Waals surface area contributed by atoms with Crippen LogP contribution in [0.3, 0.4) is 0 Å². The van der Waals surface area contributed by atoms with Gasteiger partial charge in [-0.05, 0) is 32.7 Å². The van der Waals surface area contributed by atoms with Crippen LogP contribution in [0.1, 0.15) is 25.7 Å². The van der Waals surface area contributed by atoms with E-state index in [2.05, 4.69) is 10.2 Å². The van der Waals surface area contributed by atoms with Gasteiger partial charge >= 0.3 is 0 Å². The zero-order valence-corrected chi connectivity index (χ0v) is 8.37. The van der Waals surface area contributed by atoms with Crippen molar-refractivity contribution in [3.8, 4) is 0 Å². The lowest BCUT2D eigenvalue weighted by atomic mass is 10.2. The van der Waals surface area contributed by atoms with Gasteiger partial charge in [-0.25, -0.2) is 0 Å². The predicted octanol–water partition coefficient (Wildman–Crippen LogP) is 0.193. The Morgan fingerprint density at radius 1 is 1.31 bits per heavy atom. The second-order valence-electron chi connectivity index (χ2n) is 4.39. The van der Waals surface area contributed by atoms with E-state index in [0.29, 0.717) is 6.04 Å². The molecular weight excluding hydrogens is 164 g/mol. The van der Waals surface area contributed by atoms with Crippen molar-refractivity contribution in [1.82, 2.24) is 10.2 Å². The summed E-state index contributed by atoms with van der Waals surface area (Å²) in [4.78, 5) is 2.46. The lowest BCUT2D eigenvalue weighted by molar-refractivity contribution is 0.159. The number of hydrogen-bond acceptors (Lipinski definition) is 3. The molecular formula is C10H20N2O. The molecule has 0 bridgehead atoms. The molecule has 1 heterocycles. The van der Waals surface area contributed by atoms with Crippen molar-refractivity contribution in [2.75, 3.05) is 20.1 Å². The third-order valence-electron chi connectivity index (χ3n) is 3.52. The fourth-order valence-electron chi connectivity index (χ4n) is 2.65. The van der Waals surface area contributed by atoms with Crippen molar-refractivity contribution in [2.45, 2.75) is 43.9 Å². The van der Waals surface area contributed by atoms with E-state index in [9.17, 15) is 5.11 Å². The minimum atomic E-state index is -0.0614. The van der Waals surface area contributed by atoms with Crippen LogP contribution in [-0.2, 0) is 0 Å². The zero-order chi connectivity index (χ0) is 9.26. The van der Waals surface area contributed by atoms with Crippen LogP contribution in [-0.4, -0.2) is 48.3 Å². The highest BCUT2D eigenvalue weighted by Gasteiger charge is 2.32. The molecule has 1 saturated heterocycles. The summed E-state index contributed by atoms with van der Waals surface area (Å²) in [7, 11) is 2.05. The van der Waals surface area contributed by atoms with Gasteiger partial charge in [-0.15, -0.1) is 0 Å². The van der Waals surface area contributed by atoms with Crippen LogP contribution in [0.2, 0.25) is 0 Å². The summed E-state index contributed by atoms with van der Waals surface area (Å²) >= 11 is 0. The highest BCUT2D eigenvalue weighted by molar-refractivity contribution is 4.89. The van der Waals surface area contributed by atoms with Crippen LogP contribution in [0.25, 0.3) is 0 Å². The summed E-state index contributed by atoms with van der Waals surface area (Å²) in [6, 6.07) is 1.44. The van der Waals surface area contributed by atoms with Crippen LogP contribution >= 0.6 is 0 Å². The Labute approximate surface area is 80.1 Å². The lowest BCUT2D eigenvalue weighted by Gasteiger charge is -2.23. The molecule has 0 spiro atoms. The Morgan fingerprint density at radius 3 is 2.69 bits per heavy atom. The molecule has 13 heavy (non-hydrogen) atoms. The fourth-order valence-corrected chi connectivity index (χ4v) is 2.65. The summed E-state index contributed by atoms with van der Waals surface area (Å²) in [5, 5.41) is 12.8. The number of nitrogens with zero attached hydrogens (tertiary/aromatic N) is 1. The Bertz CT molecular complexity index is 174. The number of β-amino-alcohol motifs (C(OH)–C–C–N with tert-alkyl or cyclic N) is 1. The maximum atomic E-state index is 9.43. The van der Waals surface area contributed by atoms with Crippen molar-refractivity contribution in [1.29, 1.82) is 0 Å². The smallest absolute Gasteiger partial charge is 0.0679 e. The molecule has 0 aromatic heterocycles. The monoisotopic (exact) mass is 184 g/mol. The molecule has 3 heteroatoms. The molecule has 0 amide bonds. The molecule has 2 fully saturated rings. The van der Waals surface area contributed by atoms with E-state index in [0.717, 1.165) is 25.6 Å². The first-order chi connectivity index (χ1) is 6.29. The molecule has 3 atom stereocenters. The number of aliphatic hydroxyl groups excluding tert-OH is 1. The molecule has 0 aromatic carbocycles. The zero-order valence-electron chi connectivity index (χ0n) is 8.37. The summed E-state index contributed by atoms with van der Waals surface area (Å²) in [6.07, 6.45) is 4.78. The first kappa shape index (κ1) is 9.44. The highest BCUT2D eigenvalue weighted by Crippen LogP contribution is 2.26. The van der Waals surface area contributed by atoms with Gasteiger partial charge in [-0.2, -0.15) is 0 Å². The second-order valence-corrected chi connectivity index (χ2v) is 4.39. The van der Waals surface area contributed by atoms with Gasteiger partial charge < -0.3 is 10.4 Å². The first-order valence-corrected chi connectivity index (χ1v) is 5.39. The Balaban J connectivity index is 1.82. The SMILES string of the molecule is CNC1CCC(N2CCC(O)C2)C1. The summed E-state index contributed by atoms with van der Waals surface area (Å²) < 4.78 is 0. The van der Waals surface area contributed by atoms with Gasteiger partial charge in [-0.3, -0.25) is 4.90 Å². The van der Waals surface area contributed by atoms with E-state index in [-0.39, 0.29) is 6.10 Å². The third kappa shape index (κ3) is 2.03. The maximum absolute atomic E-state index is 9.43. The van der Waals surface area contributed by atoms with E-state index < -0.39 is 0 Å². The molecule has 2 aliphatic rings. The number of likely N-dealkylation sites (tertiary alicyclic amines) is 1.